The maximum atomic E-state index is 12.5. The minimum absolute atomic E-state index is 0.00826. The average Bonchev–Trinajstić information content (AvgIpc) is 3.18. The molecule has 0 spiro atoms. The van der Waals surface area contributed by atoms with Crippen LogP contribution in [0.1, 0.15) is 19.8 Å². The molecule has 2 heterocycles. The Labute approximate surface area is 163 Å². The van der Waals surface area contributed by atoms with E-state index in [1.165, 1.54) is 0 Å². The van der Waals surface area contributed by atoms with Crippen molar-refractivity contribution in [2.45, 2.75) is 25.8 Å². The number of rotatable bonds is 5. The molecule has 26 heavy (non-hydrogen) atoms. The fraction of sp³-hybridized carbons (Fsp3) is 0.579. The summed E-state index contributed by atoms with van der Waals surface area (Å²) in [4.78, 5) is 31.1. The van der Waals surface area contributed by atoms with Gasteiger partial charge in [-0.15, -0.1) is 0 Å². The highest BCUT2D eigenvalue weighted by atomic mass is 79.9. The molecule has 3 rings (SSSR count). The number of nitrogens with zero attached hydrogens (tertiary/aromatic N) is 3. The summed E-state index contributed by atoms with van der Waals surface area (Å²) in [5, 5.41) is 2.97. The van der Waals surface area contributed by atoms with Gasteiger partial charge in [-0.25, -0.2) is 0 Å². The molecule has 1 atom stereocenters. The Kier molecular flexibility index (Phi) is 6.67. The average molecular weight is 423 g/mol. The van der Waals surface area contributed by atoms with Crippen molar-refractivity contribution in [1.82, 2.24) is 14.7 Å². The SMILES string of the molecule is CC(C(=O)Nc1ccc(Br)cc1)N1CCN(CC(=O)N2CCCC2)CC1. The molecule has 2 saturated heterocycles. The molecular weight excluding hydrogens is 396 g/mol. The van der Waals surface area contributed by atoms with Gasteiger partial charge in [0.25, 0.3) is 0 Å². The van der Waals surface area contributed by atoms with E-state index < -0.39 is 0 Å². The summed E-state index contributed by atoms with van der Waals surface area (Å²) in [5.74, 6) is 0.255. The predicted octanol–water partition coefficient (Wildman–Crippen LogP) is 2.02. The van der Waals surface area contributed by atoms with Crippen molar-refractivity contribution in [3.05, 3.63) is 28.7 Å². The second-order valence-corrected chi connectivity index (χ2v) is 7.99. The Morgan fingerprint density at radius 3 is 2.27 bits per heavy atom. The number of likely N-dealkylation sites (tertiary alicyclic amines) is 1. The fourth-order valence-corrected chi connectivity index (χ4v) is 3.78. The first-order chi connectivity index (χ1) is 12.5. The van der Waals surface area contributed by atoms with Crippen LogP contribution < -0.4 is 5.32 Å². The third-order valence-corrected chi connectivity index (χ3v) is 5.79. The molecular formula is C19H27BrN4O2. The smallest absolute Gasteiger partial charge is 0.241 e. The lowest BCUT2D eigenvalue weighted by Crippen LogP contribution is -2.54. The molecule has 0 saturated carbocycles. The van der Waals surface area contributed by atoms with E-state index in [1.54, 1.807) is 0 Å². The van der Waals surface area contributed by atoms with Gasteiger partial charge >= 0.3 is 0 Å². The highest BCUT2D eigenvalue weighted by Gasteiger charge is 2.27. The van der Waals surface area contributed by atoms with Crippen molar-refractivity contribution >= 4 is 33.4 Å². The van der Waals surface area contributed by atoms with Crippen LogP contribution in [0.25, 0.3) is 0 Å². The number of anilines is 1. The lowest BCUT2D eigenvalue weighted by Gasteiger charge is -2.37. The minimum Gasteiger partial charge on any atom is -0.342 e. The quantitative estimate of drug-likeness (QED) is 0.788. The molecule has 142 valence electrons. The summed E-state index contributed by atoms with van der Waals surface area (Å²) in [6.07, 6.45) is 2.26. The molecule has 2 fully saturated rings. The third-order valence-electron chi connectivity index (χ3n) is 5.26. The monoisotopic (exact) mass is 422 g/mol. The number of hydrogen-bond acceptors (Lipinski definition) is 4. The Balaban J connectivity index is 1.43. The number of piperazine rings is 1. The number of hydrogen-bond donors (Lipinski definition) is 1. The van der Waals surface area contributed by atoms with Gasteiger partial charge in [-0.3, -0.25) is 19.4 Å². The second-order valence-electron chi connectivity index (χ2n) is 7.07. The van der Waals surface area contributed by atoms with Gasteiger partial charge in [0.05, 0.1) is 12.6 Å². The van der Waals surface area contributed by atoms with E-state index in [2.05, 4.69) is 31.0 Å². The number of halogens is 1. The number of benzene rings is 1. The van der Waals surface area contributed by atoms with Crippen LogP contribution in [0.5, 0.6) is 0 Å². The predicted molar refractivity (Wildman–Crippen MR) is 106 cm³/mol. The van der Waals surface area contributed by atoms with E-state index in [9.17, 15) is 9.59 Å². The van der Waals surface area contributed by atoms with Crippen LogP contribution in [0.3, 0.4) is 0 Å². The molecule has 0 radical (unpaired) electrons. The van der Waals surface area contributed by atoms with E-state index in [-0.39, 0.29) is 17.9 Å². The van der Waals surface area contributed by atoms with Crippen molar-refractivity contribution in [1.29, 1.82) is 0 Å². The third kappa shape index (κ3) is 5.05. The molecule has 7 heteroatoms. The Hall–Kier alpha value is -1.44. The zero-order valence-corrected chi connectivity index (χ0v) is 16.9. The number of carbonyl (C=O) groups is 2. The molecule has 0 aromatic heterocycles. The van der Waals surface area contributed by atoms with Gasteiger partial charge in [-0.05, 0) is 44.0 Å². The summed E-state index contributed by atoms with van der Waals surface area (Å²) in [6.45, 7) is 7.54. The van der Waals surface area contributed by atoms with Crippen molar-refractivity contribution in [3.8, 4) is 0 Å². The summed E-state index contributed by atoms with van der Waals surface area (Å²) >= 11 is 3.39. The normalized spacial score (nSPS) is 20.2. The van der Waals surface area contributed by atoms with Crippen LogP contribution in [0, 0.1) is 0 Å². The fourth-order valence-electron chi connectivity index (χ4n) is 3.51. The highest BCUT2D eigenvalue weighted by molar-refractivity contribution is 9.10. The highest BCUT2D eigenvalue weighted by Crippen LogP contribution is 2.16. The number of carbonyl (C=O) groups excluding carboxylic acids is 2. The Morgan fingerprint density at radius 2 is 1.65 bits per heavy atom. The van der Waals surface area contributed by atoms with Crippen LogP contribution in [-0.2, 0) is 9.59 Å². The van der Waals surface area contributed by atoms with Gasteiger partial charge in [-0.2, -0.15) is 0 Å². The number of amides is 2. The molecule has 0 bridgehead atoms. The van der Waals surface area contributed by atoms with Crippen molar-refractivity contribution in [2.24, 2.45) is 0 Å². The Bertz CT molecular complexity index is 623. The standard InChI is InChI=1S/C19H27BrN4O2/c1-15(19(26)21-17-6-4-16(20)5-7-17)23-12-10-22(11-13-23)14-18(25)24-8-2-3-9-24/h4-7,15H,2-3,8-14H2,1H3,(H,21,26). The first-order valence-electron chi connectivity index (χ1n) is 9.33. The lowest BCUT2D eigenvalue weighted by atomic mass is 10.2. The van der Waals surface area contributed by atoms with Crippen molar-refractivity contribution < 1.29 is 9.59 Å². The van der Waals surface area contributed by atoms with Gasteiger partial charge in [0.15, 0.2) is 0 Å². The first-order valence-corrected chi connectivity index (χ1v) is 10.1. The van der Waals surface area contributed by atoms with Crippen LogP contribution in [-0.4, -0.2) is 78.4 Å². The van der Waals surface area contributed by atoms with E-state index in [4.69, 9.17) is 0 Å². The summed E-state index contributed by atoms with van der Waals surface area (Å²) < 4.78 is 0.989. The molecule has 2 aliphatic rings. The van der Waals surface area contributed by atoms with Crippen LogP contribution in [0.15, 0.2) is 28.7 Å². The molecule has 2 amide bonds. The van der Waals surface area contributed by atoms with E-state index in [0.717, 1.165) is 62.3 Å². The van der Waals surface area contributed by atoms with Crippen LogP contribution in [0.4, 0.5) is 5.69 Å². The van der Waals surface area contributed by atoms with Gasteiger partial charge in [0, 0.05) is 49.4 Å². The van der Waals surface area contributed by atoms with E-state index >= 15 is 0 Å². The van der Waals surface area contributed by atoms with Crippen LogP contribution >= 0.6 is 15.9 Å². The molecule has 1 aromatic carbocycles. The minimum atomic E-state index is -0.185. The summed E-state index contributed by atoms with van der Waals surface area (Å²) in [5.41, 5.74) is 0.805. The number of nitrogens with one attached hydrogen (secondary N) is 1. The molecule has 1 unspecified atom stereocenters. The molecule has 1 aromatic rings. The molecule has 1 N–H and O–H groups in total. The molecule has 6 nitrogen and oxygen atoms in total. The largest absolute Gasteiger partial charge is 0.342 e. The first kappa shape index (κ1) is 19.3. The van der Waals surface area contributed by atoms with Gasteiger partial charge < -0.3 is 10.2 Å². The van der Waals surface area contributed by atoms with Crippen molar-refractivity contribution in [3.63, 3.8) is 0 Å². The second kappa shape index (κ2) is 8.97. The maximum Gasteiger partial charge on any atom is 0.241 e. The summed E-state index contributed by atoms with van der Waals surface area (Å²) in [6, 6.07) is 7.41. The van der Waals surface area contributed by atoms with E-state index in [0.29, 0.717) is 6.54 Å². The molecule has 2 aliphatic heterocycles. The van der Waals surface area contributed by atoms with E-state index in [1.807, 2.05) is 36.1 Å². The lowest BCUT2D eigenvalue weighted by molar-refractivity contribution is -0.132. The topological polar surface area (TPSA) is 55.9 Å². The van der Waals surface area contributed by atoms with Crippen molar-refractivity contribution in [2.75, 3.05) is 51.1 Å². The maximum absolute atomic E-state index is 12.5. The van der Waals surface area contributed by atoms with Gasteiger partial charge in [0.2, 0.25) is 11.8 Å². The van der Waals surface area contributed by atoms with Gasteiger partial charge in [-0.1, -0.05) is 15.9 Å². The summed E-state index contributed by atoms with van der Waals surface area (Å²) in [7, 11) is 0. The zero-order chi connectivity index (χ0) is 18.5. The van der Waals surface area contributed by atoms with Crippen LogP contribution in [0.2, 0.25) is 0 Å². The Morgan fingerprint density at radius 1 is 1.04 bits per heavy atom. The van der Waals surface area contributed by atoms with Gasteiger partial charge in [0.1, 0.15) is 0 Å². The molecule has 0 aliphatic carbocycles. The zero-order valence-electron chi connectivity index (χ0n) is 15.3.